The highest BCUT2D eigenvalue weighted by atomic mass is 35.5. The lowest BCUT2D eigenvalue weighted by molar-refractivity contribution is -0.131. The molecule has 0 saturated heterocycles. The highest BCUT2D eigenvalue weighted by molar-refractivity contribution is 8.00. The first kappa shape index (κ1) is 21.5. The van der Waals surface area contributed by atoms with Gasteiger partial charge in [-0.15, -0.1) is 11.8 Å². The van der Waals surface area contributed by atoms with E-state index in [4.69, 9.17) is 16.7 Å². The fraction of sp³-hybridized carbons (Fsp3) is 0.150. The van der Waals surface area contributed by atoms with Gasteiger partial charge in [-0.3, -0.25) is 9.59 Å². The molecule has 0 bridgehead atoms. The van der Waals surface area contributed by atoms with Crippen LogP contribution in [0, 0.1) is 6.92 Å². The standard InChI is InChI=1S/C20H19ClN2O4S/c1-12-3-4-15(11-17(12)21)23-20(27)13(2)28-16-7-5-14(6-8-16)22-18(24)9-10-19(25)26/h3-11,13H,1-2H3,(H,22,24)(H,23,27)(H,25,26)/b10-9+. The summed E-state index contributed by atoms with van der Waals surface area (Å²) in [4.78, 5) is 35.2. The van der Waals surface area contributed by atoms with Crippen LogP contribution in [0.4, 0.5) is 11.4 Å². The van der Waals surface area contributed by atoms with Crippen LogP contribution in [0.2, 0.25) is 5.02 Å². The van der Waals surface area contributed by atoms with Gasteiger partial charge >= 0.3 is 5.97 Å². The van der Waals surface area contributed by atoms with Gasteiger partial charge in [0.05, 0.1) is 5.25 Å². The number of anilines is 2. The fourth-order valence-electron chi connectivity index (χ4n) is 2.12. The van der Waals surface area contributed by atoms with Gasteiger partial charge in [-0.2, -0.15) is 0 Å². The number of hydrogen-bond acceptors (Lipinski definition) is 4. The molecule has 0 aliphatic heterocycles. The maximum Gasteiger partial charge on any atom is 0.328 e. The Morgan fingerprint density at radius 2 is 1.68 bits per heavy atom. The van der Waals surface area contributed by atoms with E-state index >= 15 is 0 Å². The maximum atomic E-state index is 12.4. The van der Waals surface area contributed by atoms with Crippen LogP contribution in [0.5, 0.6) is 0 Å². The average molecular weight is 419 g/mol. The molecule has 0 heterocycles. The third kappa shape index (κ3) is 6.75. The van der Waals surface area contributed by atoms with Crippen LogP contribution in [0.25, 0.3) is 0 Å². The van der Waals surface area contributed by atoms with Crippen molar-refractivity contribution in [1.82, 2.24) is 0 Å². The summed E-state index contributed by atoms with van der Waals surface area (Å²) in [6.07, 6.45) is 1.70. The van der Waals surface area contributed by atoms with Crippen molar-refractivity contribution in [2.24, 2.45) is 0 Å². The Balaban J connectivity index is 1.91. The number of carboxylic acids is 1. The molecular formula is C20H19ClN2O4S. The van der Waals surface area contributed by atoms with E-state index in [-0.39, 0.29) is 11.2 Å². The van der Waals surface area contributed by atoms with E-state index < -0.39 is 11.9 Å². The van der Waals surface area contributed by atoms with E-state index in [1.807, 2.05) is 13.0 Å². The maximum absolute atomic E-state index is 12.4. The second-order valence-electron chi connectivity index (χ2n) is 5.90. The number of aliphatic carboxylic acids is 1. The van der Waals surface area contributed by atoms with Crippen molar-refractivity contribution in [2.75, 3.05) is 10.6 Å². The molecule has 2 rings (SSSR count). The monoisotopic (exact) mass is 418 g/mol. The zero-order valence-corrected chi connectivity index (χ0v) is 16.8. The number of carbonyl (C=O) groups is 3. The van der Waals surface area contributed by atoms with Gasteiger partial charge in [-0.05, 0) is 55.8 Å². The fourth-order valence-corrected chi connectivity index (χ4v) is 3.17. The van der Waals surface area contributed by atoms with Crippen LogP contribution >= 0.6 is 23.4 Å². The number of carboxylic acid groups (broad SMARTS) is 1. The zero-order chi connectivity index (χ0) is 20.7. The molecule has 0 saturated carbocycles. The lowest BCUT2D eigenvalue weighted by Gasteiger charge is -2.13. The zero-order valence-electron chi connectivity index (χ0n) is 15.2. The third-order valence-corrected chi connectivity index (χ3v) is 5.14. The van der Waals surface area contributed by atoms with Crippen LogP contribution in [0.3, 0.4) is 0 Å². The van der Waals surface area contributed by atoms with Crippen molar-refractivity contribution in [1.29, 1.82) is 0 Å². The van der Waals surface area contributed by atoms with Crippen LogP contribution in [0.1, 0.15) is 12.5 Å². The Labute approximate surface area is 172 Å². The summed E-state index contributed by atoms with van der Waals surface area (Å²) in [5, 5.41) is 14.1. The molecule has 0 spiro atoms. The van der Waals surface area contributed by atoms with E-state index in [0.29, 0.717) is 16.4 Å². The Morgan fingerprint density at radius 1 is 1.04 bits per heavy atom. The Hall–Kier alpha value is -2.77. The molecule has 28 heavy (non-hydrogen) atoms. The second-order valence-corrected chi connectivity index (χ2v) is 7.72. The molecule has 2 aromatic rings. The Kier molecular flexibility index (Phi) is 7.66. The topological polar surface area (TPSA) is 95.5 Å². The van der Waals surface area contributed by atoms with Gasteiger partial charge in [0.25, 0.3) is 0 Å². The Bertz CT molecular complexity index is 913. The minimum atomic E-state index is -1.19. The smallest absolute Gasteiger partial charge is 0.328 e. The van der Waals surface area contributed by atoms with Crippen molar-refractivity contribution >= 4 is 52.5 Å². The number of rotatable bonds is 7. The van der Waals surface area contributed by atoms with Crippen LogP contribution in [0.15, 0.2) is 59.5 Å². The summed E-state index contributed by atoms with van der Waals surface area (Å²) in [5.74, 6) is -1.88. The van der Waals surface area contributed by atoms with Crippen molar-refractivity contribution in [3.63, 3.8) is 0 Å². The van der Waals surface area contributed by atoms with Gasteiger partial charge in [0.2, 0.25) is 11.8 Å². The minimum Gasteiger partial charge on any atom is -0.478 e. The molecule has 0 radical (unpaired) electrons. The number of thioether (sulfide) groups is 1. The van der Waals surface area contributed by atoms with Crippen molar-refractivity contribution in [3.8, 4) is 0 Å². The highest BCUT2D eigenvalue weighted by Crippen LogP contribution is 2.26. The molecule has 0 aliphatic carbocycles. The predicted molar refractivity (Wildman–Crippen MR) is 112 cm³/mol. The largest absolute Gasteiger partial charge is 0.478 e. The Morgan fingerprint density at radius 3 is 2.29 bits per heavy atom. The highest BCUT2D eigenvalue weighted by Gasteiger charge is 2.15. The first-order chi connectivity index (χ1) is 13.2. The number of benzene rings is 2. The number of hydrogen-bond donors (Lipinski definition) is 3. The summed E-state index contributed by atoms with van der Waals surface area (Å²) in [5.41, 5.74) is 2.10. The molecular weight excluding hydrogens is 400 g/mol. The molecule has 1 atom stereocenters. The van der Waals surface area contributed by atoms with Crippen LogP contribution in [-0.2, 0) is 14.4 Å². The van der Waals surface area contributed by atoms with Gasteiger partial charge in [0.1, 0.15) is 0 Å². The number of nitrogens with one attached hydrogen (secondary N) is 2. The number of halogens is 1. The van der Waals surface area contributed by atoms with Gasteiger partial charge in [0.15, 0.2) is 0 Å². The average Bonchev–Trinajstić information content (AvgIpc) is 2.64. The molecule has 2 aromatic carbocycles. The second kappa shape index (κ2) is 9.96. The molecule has 2 amide bonds. The molecule has 0 aliphatic rings. The molecule has 0 fully saturated rings. The molecule has 0 aromatic heterocycles. The molecule has 1 unspecified atom stereocenters. The molecule has 146 valence electrons. The number of aryl methyl sites for hydroxylation is 1. The first-order valence-corrected chi connectivity index (χ1v) is 9.56. The van der Waals surface area contributed by atoms with Gasteiger partial charge in [0, 0.05) is 33.4 Å². The van der Waals surface area contributed by atoms with Gasteiger partial charge in [-0.1, -0.05) is 17.7 Å². The van der Waals surface area contributed by atoms with Crippen molar-refractivity contribution in [3.05, 3.63) is 65.2 Å². The van der Waals surface area contributed by atoms with Crippen LogP contribution in [-0.4, -0.2) is 28.1 Å². The van der Waals surface area contributed by atoms with E-state index in [1.165, 1.54) is 11.8 Å². The minimum absolute atomic E-state index is 0.152. The first-order valence-electron chi connectivity index (χ1n) is 8.30. The lowest BCUT2D eigenvalue weighted by Crippen LogP contribution is -2.22. The quantitative estimate of drug-likeness (QED) is 0.459. The molecule has 6 nitrogen and oxygen atoms in total. The van der Waals surface area contributed by atoms with E-state index in [9.17, 15) is 14.4 Å². The SMILES string of the molecule is Cc1ccc(NC(=O)C(C)Sc2ccc(NC(=O)/C=C/C(=O)O)cc2)cc1Cl. The summed E-state index contributed by atoms with van der Waals surface area (Å²) in [7, 11) is 0. The van der Waals surface area contributed by atoms with Crippen LogP contribution < -0.4 is 10.6 Å². The van der Waals surface area contributed by atoms with Crippen molar-refractivity contribution in [2.45, 2.75) is 24.0 Å². The predicted octanol–water partition coefficient (Wildman–Crippen LogP) is 4.35. The van der Waals surface area contributed by atoms with Crippen molar-refractivity contribution < 1.29 is 19.5 Å². The summed E-state index contributed by atoms with van der Waals surface area (Å²) >= 11 is 7.44. The third-order valence-electron chi connectivity index (χ3n) is 3.62. The molecule has 3 N–H and O–H groups in total. The van der Waals surface area contributed by atoms with E-state index in [2.05, 4.69) is 10.6 Å². The van der Waals surface area contributed by atoms with E-state index in [1.54, 1.807) is 43.3 Å². The van der Waals surface area contributed by atoms with Gasteiger partial charge in [-0.25, -0.2) is 4.79 Å². The van der Waals surface area contributed by atoms with Gasteiger partial charge < -0.3 is 15.7 Å². The molecule has 8 heteroatoms. The lowest BCUT2D eigenvalue weighted by atomic mass is 10.2. The summed E-state index contributed by atoms with van der Waals surface area (Å²) in [6, 6.07) is 12.3. The van der Waals surface area contributed by atoms with E-state index in [0.717, 1.165) is 22.6 Å². The number of amides is 2. The normalized spacial score (nSPS) is 11.8. The summed E-state index contributed by atoms with van der Waals surface area (Å²) < 4.78 is 0. The number of carbonyl (C=O) groups excluding carboxylic acids is 2. The summed E-state index contributed by atoms with van der Waals surface area (Å²) in [6.45, 7) is 3.68.